The van der Waals surface area contributed by atoms with Gasteiger partial charge in [-0.05, 0) is 5.92 Å². The van der Waals surface area contributed by atoms with E-state index >= 15 is 0 Å². The number of carboxylic acids is 1. The molecule has 8 heteroatoms. The number of nitrogens with zero attached hydrogens (tertiary/aromatic N) is 1. The molecule has 0 rings (SSSR count). The summed E-state index contributed by atoms with van der Waals surface area (Å²) in [5.41, 5.74) is 0. The summed E-state index contributed by atoms with van der Waals surface area (Å²) in [6, 6.07) is -1.13. The number of methoxy groups -OCH3 is 1. The van der Waals surface area contributed by atoms with Gasteiger partial charge in [0.15, 0.2) is 0 Å². The molecule has 0 aliphatic rings. The lowest BCUT2D eigenvalue weighted by Crippen LogP contribution is -2.49. The van der Waals surface area contributed by atoms with Crippen LogP contribution in [0.5, 0.6) is 0 Å². The van der Waals surface area contributed by atoms with E-state index < -0.39 is 22.2 Å². The zero-order chi connectivity index (χ0) is 13.6. The van der Waals surface area contributed by atoms with Gasteiger partial charge in [-0.25, -0.2) is 0 Å². The summed E-state index contributed by atoms with van der Waals surface area (Å²) in [5, 5.41) is 8.89. The lowest BCUT2D eigenvalue weighted by Gasteiger charge is -2.22. The molecule has 0 spiro atoms. The Morgan fingerprint density at radius 3 is 2.35 bits per heavy atom. The number of rotatable bonds is 8. The van der Waals surface area contributed by atoms with Crippen LogP contribution in [0.15, 0.2) is 0 Å². The first-order valence-electron chi connectivity index (χ1n) is 5.17. The van der Waals surface area contributed by atoms with Gasteiger partial charge < -0.3 is 9.84 Å². The van der Waals surface area contributed by atoms with Crippen LogP contribution in [-0.4, -0.2) is 57.1 Å². The van der Waals surface area contributed by atoms with Crippen LogP contribution in [0.25, 0.3) is 0 Å². The Bertz CT molecular complexity index is 341. The number of likely N-dealkylation sites (N-methyl/N-ethyl adjacent to an activating group) is 1. The summed E-state index contributed by atoms with van der Waals surface area (Å²) in [4.78, 5) is 10.9. The normalized spacial score (nSPS) is 14.2. The summed E-state index contributed by atoms with van der Waals surface area (Å²) in [7, 11) is -0.977. The summed E-state index contributed by atoms with van der Waals surface area (Å²) < 4.78 is 31.4. The van der Waals surface area contributed by atoms with Crippen molar-refractivity contribution in [1.82, 2.24) is 9.03 Å². The summed E-state index contributed by atoms with van der Waals surface area (Å²) in [6.07, 6.45) is 0. The molecule has 7 nitrogen and oxygen atoms in total. The fourth-order valence-corrected chi connectivity index (χ4v) is 2.25. The quantitative estimate of drug-likeness (QED) is 0.619. The van der Waals surface area contributed by atoms with Crippen molar-refractivity contribution in [3.63, 3.8) is 0 Å². The van der Waals surface area contributed by atoms with Gasteiger partial charge >= 0.3 is 5.97 Å². The van der Waals surface area contributed by atoms with Crippen LogP contribution in [0, 0.1) is 5.92 Å². The van der Waals surface area contributed by atoms with E-state index in [1.807, 2.05) is 0 Å². The van der Waals surface area contributed by atoms with Gasteiger partial charge in [-0.15, -0.1) is 0 Å². The maximum absolute atomic E-state index is 11.8. The Morgan fingerprint density at radius 1 is 1.47 bits per heavy atom. The van der Waals surface area contributed by atoms with Crippen LogP contribution >= 0.6 is 0 Å². The Hall–Kier alpha value is -0.700. The van der Waals surface area contributed by atoms with E-state index in [2.05, 4.69) is 4.72 Å². The molecule has 17 heavy (non-hydrogen) atoms. The minimum absolute atomic E-state index is 0.163. The van der Waals surface area contributed by atoms with Gasteiger partial charge in [0.1, 0.15) is 6.04 Å². The largest absolute Gasteiger partial charge is 0.480 e. The third-order valence-corrected chi connectivity index (χ3v) is 3.78. The van der Waals surface area contributed by atoms with E-state index in [1.165, 1.54) is 14.2 Å². The van der Waals surface area contributed by atoms with E-state index in [4.69, 9.17) is 9.84 Å². The highest BCUT2D eigenvalue weighted by Crippen LogP contribution is 2.05. The van der Waals surface area contributed by atoms with E-state index in [1.54, 1.807) is 13.8 Å². The molecule has 0 aromatic rings. The predicted octanol–water partition coefficient (Wildman–Crippen LogP) is -0.492. The molecule has 0 heterocycles. The first-order chi connectivity index (χ1) is 7.72. The van der Waals surface area contributed by atoms with E-state index in [0.717, 1.165) is 4.31 Å². The molecule has 1 atom stereocenters. The average molecular weight is 268 g/mol. The molecule has 0 aliphatic heterocycles. The van der Waals surface area contributed by atoms with E-state index in [0.29, 0.717) is 0 Å². The van der Waals surface area contributed by atoms with Gasteiger partial charge in [-0.1, -0.05) is 13.8 Å². The molecule has 0 radical (unpaired) electrons. The number of hydrogen-bond acceptors (Lipinski definition) is 4. The van der Waals surface area contributed by atoms with Crippen molar-refractivity contribution in [3.8, 4) is 0 Å². The third-order valence-electron chi connectivity index (χ3n) is 2.23. The van der Waals surface area contributed by atoms with Gasteiger partial charge in [0.2, 0.25) is 0 Å². The topological polar surface area (TPSA) is 95.9 Å². The predicted molar refractivity (Wildman–Crippen MR) is 62.8 cm³/mol. The van der Waals surface area contributed by atoms with Gasteiger partial charge in [0, 0.05) is 20.7 Å². The summed E-state index contributed by atoms with van der Waals surface area (Å²) in [6.45, 7) is 3.68. The molecule has 0 fully saturated rings. The minimum Gasteiger partial charge on any atom is -0.480 e. The minimum atomic E-state index is -3.80. The van der Waals surface area contributed by atoms with Crippen molar-refractivity contribution in [2.75, 3.05) is 27.3 Å². The van der Waals surface area contributed by atoms with Gasteiger partial charge in [0.25, 0.3) is 10.2 Å². The zero-order valence-electron chi connectivity index (χ0n) is 10.5. The van der Waals surface area contributed by atoms with E-state index in [-0.39, 0.29) is 19.1 Å². The maximum atomic E-state index is 11.8. The van der Waals surface area contributed by atoms with Crippen LogP contribution in [0.4, 0.5) is 0 Å². The van der Waals surface area contributed by atoms with Crippen LogP contribution in [-0.2, 0) is 19.7 Å². The number of aliphatic carboxylic acids is 1. The van der Waals surface area contributed by atoms with Crippen LogP contribution in [0.3, 0.4) is 0 Å². The number of hydrogen-bond donors (Lipinski definition) is 2. The Labute approximate surface area is 102 Å². The van der Waals surface area contributed by atoms with Crippen molar-refractivity contribution in [2.24, 2.45) is 5.92 Å². The standard InChI is InChI=1S/C9H20N2O5S/c1-7(2)8(9(12)13)10-17(14,15)11(3)5-6-16-4/h7-8,10H,5-6H2,1-4H3,(H,12,13)/t8-/m1/s1. The smallest absolute Gasteiger partial charge is 0.322 e. The van der Waals surface area contributed by atoms with Crippen molar-refractivity contribution >= 4 is 16.2 Å². The van der Waals surface area contributed by atoms with Crippen LogP contribution < -0.4 is 4.72 Å². The molecule has 0 saturated heterocycles. The molecule has 0 amide bonds. The lowest BCUT2D eigenvalue weighted by atomic mass is 10.1. The molecule has 0 aliphatic carbocycles. The molecular weight excluding hydrogens is 248 g/mol. The van der Waals surface area contributed by atoms with E-state index in [9.17, 15) is 13.2 Å². The van der Waals surface area contributed by atoms with Crippen molar-refractivity contribution in [2.45, 2.75) is 19.9 Å². The molecule has 0 saturated carbocycles. The molecule has 102 valence electrons. The first-order valence-corrected chi connectivity index (χ1v) is 6.61. The van der Waals surface area contributed by atoms with Gasteiger partial charge in [-0.2, -0.15) is 17.4 Å². The Balaban J connectivity index is 4.66. The summed E-state index contributed by atoms with van der Waals surface area (Å²) in [5.74, 6) is -1.53. The summed E-state index contributed by atoms with van der Waals surface area (Å²) >= 11 is 0. The average Bonchev–Trinajstić information content (AvgIpc) is 2.21. The van der Waals surface area contributed by atoms with Gasteiger partial charge in [0.05, 0.1) is 6.61 Å². The second-order valence-electron chi connectivity index (χ2n) is 4.00. The SMILES string of the molecule is COCCN(C)S(=O)(=O)N[C@@H](C(=O)O)C(C)C. The second-order valence-corrected chi connectivity index (χ2v) is 5.81. The third kappa shape index (κ3) is 5.44. The lowest BCUT2D eigenvalue weighted by molar-refractivity contribution is -0.140. The Kier molecular flexibility index (Phi) is 6.61. The Morgan fingerprint density at radius 2 is 2.00 bits per heavy atom. The van der Waals surface area contributed by atoms with Crippen LogP contribution in [0.1, 0.15) is 13.8 Å². The zero-order valence-corrected chi connectivity index (χ0v) is 11.3. The first kappa shape index (κ1) is 16.3. The number of ether oxygens (including phenoxy) is 1. The second kappa shape index (κ2) is 6.90. The fourth-order valence-electron chi connectivity index (χ4n) is 1.06. The molecule has 0 unspecified atom stereocenters. The van der Waals surface area contributed by atoms with Crippen molar-refractivity contribution < 1.29 is 23.1 Å². The highest BCUT2D eigenvalue weighted by molar-refractivity contribution is 7.87. The number of carbonyl (C=O) groups is 1. The van der Waals surface area contributed by atoms with Crippen molar-refractivity contribution in [3.05, 3.63) is 0 Å². The molecule has 0 bridgehead atoms. The number of nitrogens with one attached hydrogen (secondary N) is 1. The monoisotopic (exact) mass is 268 g/mol. The number of carboxylic acid groups (broad SMARTS) is 1. The molecule has 2 N–H and O–H groups in total. The van der Waals surface area contributed by atoms with Gasteiger partial charge in [-0.3, -0.25) is 4.79 Å². The molecular formula is C9H20N2O5S. The fraction of sp³-hybridized carbons (Fsp3) is 0.889. The maximum Gasteiger partial charge on any atom is 0.322 e. The van der Waals surface area contributed by atoms with Crippen LogP contribution in [0.2, 0.25) is 0 Å². The molecule has 0 aromatic carbocycles. The highest BCUT2D eigenvalue weighted by atomic mass is 32.2. The highest BCUT2D eigenvalue weighted by Gasteiger charge is 2.29. The van der Waals surface area contributed by atoms with Crippen molar-refractivity contribution in [1.29, 1.82) is 0 Å². The molecule has 0 aromatic heterocycles.